The molecule has 0 unspecified atom stereocenters. The summed E-state index contributed by atoms with van der Waals surface area (Å²) < 4.78 is 1.86. The van der Waals surface area contributed by atoms with Gasteiger partial charge in [0.05, 0.1) is 17.6 Å². The summed E-state index contributed by atoms with van der Waals surface area (Å²) in [7, 11) is 0. The standard InChI is InChI=1S/C17H11N4/c1-2-4-14(5-3-1)16-12-19-17-7-6-15(20-21(16)17)13-8-10-18-11-9-13/h1-2,4-12H. The Hall–Kier alpha value is -3.01. The zero-order valence-electron chi connectivity index (χ0n) is 11.1. The van der Waals surface area contributed by atoms with Crippen molar-refractivity contribution in [3.8, 4) is 22.5 Å². The lowest BCUT2D eigenvalue weighted by Crippen LogP contribution is -1.96. The number of hydrogen-bond acceptors (Lipinski definition) is 3. The summed E-state index contributed by atoms with van der Waals surface area (Å²) in [5.41, 5.74) is 4.75. The van der Waals surface area contributed by atoms with Crippen molar-refractivity contribution in [3.05, 3.63) is 73.2 Å². The van der Waals surface area contributed by atoms with Crippen LogP contribution in [-0.4, -0.2) is 19.6 Å². The largest absolute Gasteiger partial charge is 0.265 e. The maximum absolute atomic E-state index is 4.69. The molecule has 0 bridgehead atoms. The fourth-order valence-corrected chi connectivity index (χ4v) is 2.30. The zero-order chi connectivity index (χ0) is 14.1. The van der Waals surface area contributed by atoms with Crippen molar-refractivity contribution >= 4 is 5.65 Å². The molecule has 1 radical (unpaired) electrons. The number of rotatable bonds is 2. The van der Waals surface area contributed by atoms with Crippen molar-refractivity contribution in [2.45, 2.75) is 0 Å². The van der Waals surface area contributed by atoms with E-state index in [4.69, 9.17) is 5.10 Å². The minimum absolute atomic E-state index is 0.826. The first-order valence-corrected chi connectivity index (χ1v) is 6.63. The fourth-order valence-electron chi connectivity index (χ4n) is 2.30. The minimum Gasteiger partial charge on any atom is -0.265 e. The van der Waals surface area contributed by atoms with E-state index in [-0.39, 0.29) is 0 Å². The van der Waals surface area contributed by atoms with Gasteiger partial charge in [0.25, 0.3) is 0 Å². The molecule has 0 saturated carbocycles. The van der Waals surface area contributed by atoms with Crippen LogP contribution < -0.4 is 0 Å². The van der Waals surface area contributed by atoms with E-state index < -0.39 is 0 Å². The summed E-state index contributed by atoms with van der Waals surface area (Å²) in [4.78, 5) is 8.44. The van der Waals surface area contributed by atoms with E-state index in [9.17, 15) is 0 Å². The molecule has 0 N–H and O–H groups in total. The van der Waals surface area contributed by atoms with E-state index in [1.54, 1.807) is 12.4 Å². The Morgan fingerprint density at radius 1 is 0.952 bits per heavy atom. The van der Waals surface area contributed by atoms with Crippen molar-refractivity contribution in [1.29, 1.82) is 0 Å². The van der Waals surface area contributed by atoms with Gasteiger partial charge in [0.2, 0.25) is 0 Å². The van der Waals surface area contributed by atoms with E-state index in [1.807, 2.05) is 59.2 Å². The molecule has 0 spiro atoms. The number of fused-ring (bicyclic) bond motifs is 1. The molecule has 0 fully saturated rings. The normalized spacial score (nSPS) is 10.9. The Morgan fingerprint density at radius 2 is 1.86 bits per heavy atom. The van der Waals surface area contributed by atoms with Crippen LogP contribution >= 0.6 is 0 Å². The third-order valence-electron chi connectivity index (χ3n) is 3.34. The number of imidazole rings is 1. The van der Waals surface area contributed by atoms with E-state index in [1.165, 1.54) is 0 Å². The number of benzene rings is 1. The smallest absolute Gasteiger partial charge is 0.154 e. The molecule has 0 aliphatic rings. The Bertz CT molecular complexity index is 882. The van der Waals surface area contributed by atoms with Crippen molar-refractivity contribution in [2.24, 2.45) is 0 Å². The highest BCUT2D eigenvalue weighted by atomic mass is 15.3. The summed E-state index contributed by atoms with van der Waals surface area (Å²) in [5, 5.41) is 4.69. The third kappa shape index (κ3) is 2.07. The van der Waals surface area contributed by atoms with Gasteiger partial charge in [-0.2, -0.15) is 5.10 Å². The summed E-state index contributed by atoms with van der Waals surface area (Å²) >= 11 is 0. The minimum atomic E-state index is 0.826. The Balaban J connectivity index is 1.91. The van der Waals surface area contributed by atoms with Gasteiger partial charge >= 0.3 is 0 Å². The third-order valence-corrected chi connectivity index (χ3v) is 3.34. The molecule has 21 heavy (non-hydrogen) atoms. The van der Waals surface area contributed by atoms with Crippen LogP contribution in [0.4, 0.5) is 0 Å². The van der Waals surface area contributed by atoms with Crippen LogP contribution in [-0.2, 0) is 0 Å². The highest BCUT2D eigenvalue weighted by molar-refractivity contribution is 5.65. The van der Waals surface area contributed by atoms with Crippen molar-refractivity contribution in [2.75, 3.05) is 0 Å². The van der Waals surface area contributed by atoms with E-state index in [0.717, 1.165) is 28.2 Å². The van der Waals surface area contributed by atoms with Gasteiger partial charge < -0.3 is 0 Å². The molecule has 0 saturated heterocycles. The Morgan fingerprint density at radius 3 is 2.67 bits per heavy atom. The van der Waals surface area contributed by atoms with Gasteiger partial charge in [0.1, 0.15) is 0 Å². The molecule has 4 heteroatoms. The monoisotopic (exact) mass is 271 g/mol. The molecule has 4 aromatic rings. The van der Waals surface area contributed by atoms with Crippen LogP contribution in [0.15, 0.2) is 67.1 Å². The highest BCUT2D eigenvalue weighted by Gasteiger charge is 2.08. The fraction of sp³-hybridized carbons (Fsp3) is 0. The number of nitrogens with zero attached hydrogens (tertiary/aromatic N) is 4. The van der Waals surface area contributed by atoms with Gasteiger partial charge in [0.15, 0.2) is 5.65 Å². The molecule has 3 heterocycles. The first kappa shape index (κ1) is 11.8. The molecule has 0 amide bonds. The molecular formula is C17H11N4. The van der Waals surface area contributed by atoms with Crippen molar-refractivity contribution in [1.82, 2.24) is 19.6 Å². The first-order valence-electron chi connectivity index (χ1n) is 6.63. The molecular weight excluding hydrogens is 260 g/mol. The van der Waals surface area contributed by atoms with Crippen LogP contribution in [0.25, 0.3) is 28.2 Å². The number of pyridine rings is 1. The summed E-state index contributed by atoms with van der Waals surface area (Å²) in [5.74, 6) is 0. The van der Waals surface area contributed by atoms with E-state index >= 15 is 0 Å². The zero-order valence-corrected chi connectivity index (χ0v) is 11.1. The van der Waals surface area contributed by atoms with Crippen molar-refractivity contribution in [3.63, 3.8) is 0 Å². The van der Waals surface area contributed by atoms with Gasteiger partial charge in [-0.1, -0.05) is 18.2 Å². The molecule has 4 rings (SSSR count). The SMILES string of the molecule is [c]1cccc(-c2cnc3ccc(-c4ccncc4)nn23)c1. The second-order valence-corrected chi connectivity index (χ2v) is 4.66. The molecule has 0 aliphatic heterocycles. The molecule has 0 atom stereocenters. The second-order valence-electron chi connectivity index (χ2n) is 4.66. The summed E-state index contributed by atoms with van der Waals surface area (Å²) in [6.07, 6.45) is 5.37. The van der Waals surface area contributed by atoms with Crippen molar-refractivity contribution < 1.29 is 0 Å². The predicted molar refractivity (Wildman–Crippen MR) is 80.5 cm³/mol. The van der Waals surface area contributed by atoms with E-state index in [2.05, 4.69) is 16.0 Å². The number of hydrogen-bond donors (Lipinski definition) is 0. The average molecular weight is 271 g/mol. The topological polar surface area (TPSA) is 43.1 Å². The van der Waals surface area contributed by atoms with E-state index in [0.29, 0.717) is 0 Å². The Labute approximate surface area is 121 Å². The Kier molecular flexibility index (Phi) is 2.71. The van der Waals surface area contributed by atoms with Crippen LogP contribution in [0.3, 0.4) is 0 Å². The highest BCUT2D eigenvalue weighted by Crippen LogP contribution is 2.22. The van der Waals surface area contributed by atoms with Crippen LogP contribution in [0.5, 0.6) is 0 Å². The average Bonchev–Trinajstić information content (AvgIpc) is 2.99. The quantitative estimate of drug-likeness (QED) is 0.562. The first-order chi connectivity index (χ1) is 10.4. The van der Waals surface area contributed by atoms with Gasteiger partial charge in [-0.15, -0.1) is 0 Å². The molecule has 3 aromatic heterocycles. The second kappa shape index (κ2) is 4.83. The van der Waals surface area contributed by atoms with Gasteiger partial charge in [-0.05, 0) is 36.4 Å². The molecule has 1 aromatic carbocycles. The maximum Gasteiger partial charge on any atom is 0.154 e. The van der Waals surface area contributed by atoms with Gasteiger partial charge in [-0.3, -0.25) is 4.98 Å². The molecule has 0 aliphatic carbocycles. The van der Waals surface area contributed by atoms with Gasteiger partial charge in [-0.25, -0.2) is 9.50 Å². The van der Waals surface area contributed by atoms with Crippen LogP contribution in [0, 0.1) is 6.07 Å². The lowest BCUT2D eigenvalue weighted by molar-refractivity contribution is 0.949. The lowest BCUT2D eigenvalue weighted by Gasteiger charge is -2.04. The summed E-state index contributed by atoms with van der Waals surface area (Å²) in [6, 6.07) is 18.7. The lowest BCUT2D eigenvalue weighted by atomic mass is 10.2. The maximum atomic E-state index is 4.69. The van der Waals surface area contributed by atoms with Crippen LogP contribution in [0.1, 0.15) is 0 Å². The summed E-state index contributed by atoms with van der Waals surface area (Å²) in [6.45, 7) is 0. The number of aromatic nitrogens is 4. The molecule has 4 nitrogen and oxygen atoms in total. The predicted octanol–water partition coefficient (Wildman–Crippen LogP) is 3.26. The van der Waals surface area contributed by atoms with Crippen LogP contribution in [0.2, 0.25) is 0 Å². The van der Waals surface area contributed by atoms with Gasteiger partial charge in [0, 0.05) is 23.5 Å². The molecule has 99 valence electrons.